The number of amides is 1. The Balaban J connectivity index is 0.000000175. The third-order valence-electron chi connectivity index (χ3n) is 6.80. The maximum absolute atomic E-state index is 13.1. The Labute approximate surface area is 227 Å². The number of hydrogen-bond acceptors (Lipinski definition) is 5. The van der Waals surface area contributed by atoms with Gasteiger partial charge in [0, 0.05) is 29.5 Å². The van der Waals surface area contributed by atoms with E-state index in [0.29, 0.717) is 0 Å². The minimum absolute atomic E-state index is 0.0802. The second kappa shape index (κ2) is 11.7. The summed E-state index contributed by atoms with van der Waals surface area (Å²) in [6.45, 7) is 3.92. The predicted molar refractivity (Wildman–Crippen MR) is 142 cm³/mol. The minimum Gasteiger partial charge on any atom is -0.502 e. The second-order valence-corrected chi connectivity index (χ2v) is 10.2. The fourth-order valence-electron chi connectivity index (χ4n) is 4.82. The normalized spacial score (nSPS) is 19.3. The molecule has 2 N–H and O–H groups in total. The summed E-state index contributed by atoms with van der Waals surface area (Å²) in [6, 6.07) is 14.6. The summed E-state index contributed by atoms with van der Waals surface area (Å²) in [5, 5.41) is 9.68. The third-order valence-corrected chi connectivity index (χ3v) is 7.96. The molecule has 1 fully saturated rings. The molecule has 11 heteroatoms. The molecule has 4 heterocycles. The van der Waals surface area contributed by atoms with Gasteiger partial charge in [0.1, 0.15) is 12.0 Å². The van der Waals surface area contributed by atoms with Crippen molar-refractivity contribution in [1.29, 1.82) is 0 Å². The quantitative estimate of drug-likeness (QED) is 0.333. The van der Waals surface area contributed by atoms with Crippen LogP contribution in [-0.4, -0.2) is 39.5 Å². The first-order valence-electron chi connectivity index (χ1n) is 12.7. The Hall–Kier alpha value is -3.47. The van der Waals surface area contributed by atoms with Gasteiger partial charge >= 0.3 is 6.18 Å². The Kier molecular flexibility index (Phi) is 8.58. The van der Waals surface area contributed by atoms with Gasteiger partial charge in [0.05, 0.1) is 5.92 Å². The summed E-state index contributed by atoms with van der Waals surface area (Å²) < 4.78 is 52.6. The van der Waals surface area contributed by atoms with Crippen molar-refractivity contribution in [3.8, 4) is 5.75 Å². The minimum atomic E-state index is -4.30. The van der Waals surface area contributed by atoms with Crippen molar-refractivity contribution in [2.24, 2.45) is 5.92 Å². The van der Waals surface area contributed by atoms with Crippen molar-refractivity contribution in [2.45, 2.75) is 56.1 Å². The zero-order chi connectivity index (χ0) is 28.3. The molecule has 0 radical (unpaired) electrons. The monoisotopic (exact) mass is 563 g/mol. The zero-order valence-electron chi connectivity index (χ0n) is 21.5. The molecule has 1 unspecified atom stereocenters. The van der Waals surface area contributed by atoms with E-state index in [1.54, 1.807) is 23.9 Å². The van der Waals surface area contributed by atoms with Crippen LogP contribution in [0.5, 0.6) is 5.75 Å². The fourth-order valence-corrected chi connectivity index (χ4v) is 5.90. The maximum atomic E-state index is 13.1. The summed E-state index contributed by atoms with van der Waals surface area (Å²) in [4.78, 5) is 26.2. The fraction of sp³-hybridized carbons (Fsp3) is 0.357. The first-order valence-corrected chi connectivity index (χ1v) is 13.7. The zero-order valence-corrected chi connectivity index (χ0v) is 22.3. The largest absolute Gasteiger partial charge is 0.502 e. The Morgan fingerprint density at radius 1 is 1.03 bits per heavy atom. The molecule has 208 valence electrons. The van der Waals surface area contributed by atoms with Crippen molar-refractivity contribution in [3.63, 3.8) is 0 Å². The van der Waals surface area contributed by atoms with Crippen LogP contribution in [0.4, 0.5) is 17.6 Å². The van der Waals surface area contributed by atoms with E-state index in [0.717, 1.165) is 28.5 Å². The lowest BCUT2D eigenvalue weighted by Crippen LogP contribution is -2.58. The number of nitrogens with one attached hydrogen (secondary N) is 1. The summed E-state index contributed by atoms with van der Waals surface area (Å²) in [7, 11) is 0. The Morgan fingerprint density at radius 2 is 1.77 bits per heavy atom. The molecule has 39 heavy (non-hydrogen) atoms. The van der Waals surface area contributed by atoms with Crippen LogP contribution in [0.15, 0.2) is 64.4 Å². The number of fused-ring (bicyclic) bond motifs is 4. The molecule has 0 saturated carbocycles. The molecule has 2 atom stereocenters. The number of piperidine rings is 1. The number of aromatic nitrogens is 1. The number of alkyl halides is 3. The van der Waals surface area contributed by atoms with E-state index in [1.165, 1.54) is 27.1 Å². The number of thioether (sulfide) groups is 1. The first-order chi connectivity index (χ1) is 18.6. The standard InChI is InChI=1S/C14H11FS.C12H12F3N3O3.C2H6/c15-13-6-5-10-7-11-3-1-2-4-14(11)16-9-12(10)8-13;13-12(14,15)6-1-3-17-8(5-6)16-18-4-2-7(19)10(20)9(18)11(17)21;1-2/h1-6,8H,7,9H2;2,4,6,8,16,20H,1,3,5H2;1-2H3/t;6-,8?;/m.0./s1. The molecule has 1 saturated heterocycles. The number of rotatable bonds is 0. The van der Waals surface area contributed by atoms with E-state index in [2.05, 4.69) is 29.7 Å². The molecule has 6 nitrogen and oxygen atoms in total. The van der Waals surface area contributed by atoms with Crippen molar-refractivity contribution in [1.82, 2.24) is 9.58 Å². The van der Waals surface area contributed by atoms with Crippen molar-refractivity contribution < 1.29 is 27.5 Å². The first kappa shape index (κ1) is 28.5. The van der Waals surface area contributed by atoms with Crippen LogP contribution in [0.25, 0.3) is 0 Å². The van der Waals surface area contributed by atoms with E-state index in [9.17, 15) is 32.3 Å². The molecule has 2 aromatic carbocycles. The molecule has 0 spiro atoms. The SMILES string of the molecule is CC.Fc1ccc2c(c1)CSc1ccccc1C2.O=C1c2c(O)c(=O)ccn2NC2C[C@@H](C(F)(F)F)CCN12. The lowest BCUT2D eigenvalue weighted by Gasteiger charge is -2.44. The predicted octanol–water partition coefficient (Wildman–Crippen LogP) is 5.90. The van der Waals surface area contributed by atoms with Crippen molar-refractivity contribution in [2.75, 3.05) is 12.0 Å². The number of nitrogens with zero attached hydrogens (tertiary/aromatic N) is 2. The molecule has 1 aromatic heterocycles. The highest BCUT2D eigenvalue weighted by atomic mass is 32.2. The van der Waals surface area contributed by atoms with E-state index in [1.807, 2.05) is 19.9 Å². The van der Waals surface area contributed by atoms with Crippen LogP contribution >= 0.6 is 11.8 Å². The molecule has 3 aliphatic rings. The molecule has 3 aliphatic heterocycles. The van der Waals surface area contributed by atoms with Gasteiger partial charge in [0.25, 0.3) is 5.91 Å². The van der Waals surface area contributed by atoms with Gasteiger partial charge in [-0.2, -0.15) is 13.2 Å². The molecular weight excluding hydrogens is 534 g/mol. The number of pyridine rings is 1. The molecule has 6 rings (SSSR count). The summed E-state index contributed by atoms with van der Waals surface area (Å²) in [5.74, 6) is -2.09. The smallest absolute Gasteiger partial charge is 0.392 e. The van der Waals surface area contributed by atoms with Crippen LogP contribution in [-0.2, 0) is 12.2 Å². The summed E-state index contributed by atoms with van der Waals surface area (Å²) in [5.41, 5.74) is 5.49. The van der Waals surface area contributed by atoms with Gasteiger partial charge in [-0.05, 0) is 54.2 Å². The number of halogens is 4. The van der Waals surface area contributed by atoms with Gasteiger partial charge in [0.2, 0.25) is 5.43 Å². The van der Waals surface area contributed by atoms with Gasteiger partial charge in [-0.1, -0.05) is 38.1 Å². The number of benzene rings is 2. The topological polar surface area (TPSA) is 74.6 Å². The summed E-state index contributed by atoms with van der Waals surface area (Å²) in [6.07, 6.45) is -3.43. The van der Waals surface area contributed by atoms with Crippen LogP contribution in [0, 0.1) is 11.7 Å². The number of aromatic hydroxyl groups is 1. The lowest BCUT2D eigenvalue weighted by molar-refractivity contribution is -0.187. The van der Waals surface area contributed by atoms with E-state index < -0.39 is 35.3 Å². The average Bonchev–Trinajstić information content (AvgIpc) is 3.10. The highest BCUT2D eigenvalue weighted by Gasteiger charge is 2.47. The number of carbonyl (C=O) groups is 1. The molecular formula is C28H29F4N3O3S. The van der Waals surface area contributed by atoms with Crippen LogP contribution in [0.3, 0.4) is 0 Å². The summed E-state index contributed by atoms with van der Waals surface area (Å²) >= 11 is 1.79. The van der Waals surface area contributed by atoms with Gasteiger partial charge in [-0.3, -0.25) is 14.3 Å². The maximum Gasteiger partial charge on any atom is 0.392 e. The average molecular weight is 564 g/mol. The van der Waals surface area contributed by atoms with Gasteiger partial charge < -0.3 is 15.4 Å². The van der Waals surface area contributed by atoms with Crippen LogP contribution < -0.4 is 10.9 Å². The molecule has 3 aromatic rings. The number of hydrogen-bond donors (Lipinski definition) is 2. The van der Waals surface area contributed by atoms with E-state index in [4.69, 9.17) is 0 Å². The van der Waals surface area contributed by atoms with Gasteiger partial charge in [0.15, 0.2) is 11.4 Å². The Morgan fingerprint density at radius 3 is 2.51 bits per heavy atom. The van der Waals surface area contributed by atoms with Crippen LogP contribution in [0.2, 0.25) is 0 Å². The van der Waals surface area contributed by atoms with Crippen LogP contribution in [0.1, 0.15) is 53.9 Å². The Bertz CT molecular complexity index is 1410. The van der Waals surface area contributed by atoms with Gasteiger partial charge in [-0.25, -0.2) is 4.39 Å². The van der Waals surface area contributed by atoms with Crippen molar-refractivity contribution in [3.05, 3.63) is 93.2 Å². The lowest BCUT2D eigenvalue weighted by atomic mass is 9.93. The van der Waals surface area contributed by atoms with Crippen molar-refractivity contribution >= 4 is 17.7 Å². The van der Waals surface area contributed by atoms with E-state index in [-0.39, 0.29) is 30.9 Å². The highest BCUT2D eigenvalue weighted by Crippen LogP contribution is 2.38. The van der Waals surface area contributed by atoms with Gasteiger partial charge in [-0.15, -0.1) is 11.8 Å². The van der Waals surface area contributed by atoms with E-state index >= 15 is 0 Å². The number of carbonyl (C=O) groups excluding carboxylic acids is 1. The molecule has 0 aliphatic carbocycles. The second-order valence-electron chi connectivity index (χ2n) is 9.14. The molecule has 0 bridgehead atoms. The highest BCUT2D eigenvalue weighted by molar-refractivity contribution is 7.98. The third kappa shape index (κ3) is 6.08. The molecule has 1 amide bonds.